The molecule has 2 aliphatic carbocycles. The maximum atomic E-state index is 16.7. The number of carbonyl (C=O) groups excluding carboxylic acids is 2. The normalized spacial score (nSPS) is 28.1. The largest absolute Gasteiger partial charge is 0.463 e. The van der Waals surface area contributed by atoms with Crippen molar-refractivity contribution in [3.8, 4) is 0 Å². The minimum Gasteiger partial charge on any atom is -0.463 e. The van der Waals surface area contributed by atoms with Crippen molar-refractivity contribution in [1.82, 2.24) is 19.5 Å². The summed E-state index contributed by atoms with van der Waals surface area (Å²) in [5.41, 5.74) is -1.27. The van der Waals surface area contributed by atoms with Crippen LogP contribution in [0.15, 0.2) is 6.33 Å². The standard InChI is InChI=1S/C29H42FN5O5/c1-18-33-26(31-3)24-27(34-18)35(17-32-24)28-29(2,30)25(40-23(37)15-20-12-8-5-9-13-20)21(39-28)16-38-22(36)14-19-10-6-4-7-11-19/h17,19-21,25,28H,4-16H2,1-3H3,(H,31,33,34)/t21-,25-,28-,29-/m1/s1. The van der Waals surface area contributed by atoms with Crippen molar-refractivity contribution >= 4 is 28.9 Å². The number of carbonyl (C=O) groups is 2. The lowest BCUT2D eigenvalue weighted by molar-refractivity contribution is -0.162. The van der Waals surface area contributed by atoms with Crippen molar-refractivity contribution in [2.75, 3.05) is 19.0 Å². The van der Waals surface area contributed by atoms with Crippen LogP contribution in [0.2, 0.25) is 0 Å². The van der Waals surface area contributed by atoms with E-state index < -0.39 is 30.1 Å². The Bertz CT molecular complexity index is 1190. The average Bonchev–Trinajstić information content (AvgIpc) is 3.45. The van der Waals surface area contributed by atoms with Crippen molar-refractivity contribution in [1.29, 1.82) is 0 Å². The molecule has 2 saturated carbocycles. The Labute approximate surface area is 234 Å². The van der Waals surface area contributed by atoms with Crippen LogP contribution in [0, 0.1) is 18.8 Å². The molecule has 5 rings (SSSR count). The van der Waals surface area contributed by atoms with Crippen molar-refractivity contribution in [2.24, 2.45) is 11.8 Å². The van der Waals surface area contributed by atoms with Gasteiger partial charge < -0.3 is 19.5 Å². The molecule has 11 heteroatoms. The predicted molar refractivity (Wildman–Crippen MR) is 146 cm³/mol. The monoisotopic (exact) mass is 559 g/mol. The van der Waals surface area contributed by atoms with Crippen LogP contribution in [0.3, 0.4) is 0 Å². The third kappa shape index (κ3) is 6.24. The Morgan fingerprint density at radius 1 is 1.05 bits per heavy atom. The van der Waals surface area contributed by atoms with Gasteiger partial charge in [0, 0.05) is 19.9 Å². The van der Waals surface area contributed by atoms with Crippen LogP contribution in [0.25, 0.3) is 11.2 Å². The van der Waals surface area contributed by atoms with Gasteiger partial charge in [0.25, 0.3) is 0 Å². The summed E-state index contributed by atoms with van der Waals surface area (Å²) in [6.45, 7) is 2.90. The lowest BCUT2D eigenvalue weighted by Gasteiger charge is -2.29. The van der Waals surface area contributed by atoms with Crippen LogP contribution in [-0.4, -0.2) is 63.0 Å². The number of aryl methyl sites for hydroxylation is 1. The van der Waals surface area contributed by atoms with Crippen molar-refractivity contribution in [3.05, 3.63) is 12.2 Å². The van der Waals surface area contributed by atoms with Gasteiger partial charge in [0.15, 0.2) is 35.0 Å². The number of imidazole rings is 1. The summed E-state index contributed by atoms with van der Waals surface area (Å²) in [4.78, 5) is 39.0. The predicted octanol–water partition coefficient (Wildman–Crippen LogP) is 5.20. The maximum absolute atomic E-state index is 16.7. The van der Waals surface area contributed by atoms with Crippen molar-refractivity contribution in [2.45, 2.75) is 115 Å². The number of ether oxygens (including phenoxy) is 3. The summed E-state index contributed by atoms with van der Waals surface area (Å²) in [7, 11) is 1.73. The zero-order chi connectivity index (χ0) is 28.3. The summed E-state index contributed by atoms with van der Waals surface area (Å²) in [6.07, 6.45) is 9.41. The molecule has 40 heavy (non-hydrogen) atoms. The first-order chi connectivity index (χ1) is 19.3. The molecular weight excluding hydrogens is 517 g/mol. The summed E-state index contributed by atoms with van der Waals surface area (Å²) in [6, 6.07) is 0. The summed E-state index contributed by atoms with van der Waals surface area (Å²) >= 11 is 0. The van der Waals surface area contributed by atoms with Gasteiger partial charge in [0.2, 0.25) is 0 Å². The molecule has 0 spiro atoms. The Hall–Kier alpha value is -2.82. The molecule has 1 saturated heterocycles. The lowest BCUT2D eigenvalue weighted by atomic mass is 9.87. The van der Waals surface area contributed by atoms with Gasteiger partial charge in [-0.15, -0.1) is 0 Å². The van der Waals surface area contributed by atoms with E-state index in [9.17, 15) is 9.59 Å². The highest BCUT2D eigenvalue weighted by Crippen LogP contribution is 2.45. The summed E-state index contributed by atoms with van der Waals surface area (Å²) in [5.74, 6) is 0.783. The Kier molecular flexibility index (Phi) is 8.87. The molecule has 2 aromatic heterocycles. The molecule has 0 radical (unpaired) electrons. The number of halogens is 1. The Morgan fingerprint density at radius 3 is 2.30 bits per heavy atom. The maximum Gasteiger partial charge on any atom is 0.306 e. The van der Waals surface area contributed by atoms with Crippen LogP contribution < -0.4 is 5.32 Å². The van der Waals surface area contributed by atoms with Gasteiger partial charge in [-0.05, 0) is 51.4 Å². The number of fused-ring (bicyclic) bond motifs is 1. The van der Waals surface area contributed by atoms with E-state index >= 15 is 4.39 Å². The zero-order valence-electron chi connectivity index (χ0n) is 23.9. The minimum atomic E-state index is -2.14. The fraction of sp³-hybridized carbons (Fsp3) is 0.759. The molecule has 0 aromatic carbocycles. The van der Waals surface area contributed by atoms with E-state index in [1.165, 1.54) is 30.7 Å². The van der Waals surface area contributed by atoms with Crippen LogP contribution in [-0.2, 0) is 23.8 Å². The van der Waals surface area contributed by atoms with E-state index in [2.05, 4.69) is 20.3 Å². The fourth-order valence-corrected chi connectivity index (χ4v) is 6.58. The van der Waals surface area contributed by atoms with Crippen molar-refractivity contribution in [3.63, 3.8) is 0 Å². The zero-order valence-corrected chi connectivity index (χ0v) is 23.9. The molecule has 3 aliphatic rings. The van der Waals surface area contributed by atoms with Crippen LogP contribution in [0.5, 0.6) is 0 Å². The molecule has 2 aromatic rings. The van der Waals surface area contributed by atoms with E-state index in [4.69, 9.17) is 14.2 Å². The molecule has 4 atom stereocenters. The molecule has 10 nitrogen and oxygen atoms in total. The average molecular weight is 560 g/mol. The number of nitrogens with zero attached hydrogens (tertiary/aromatic N) is 4. The van der Waals surface area contributed by atoms with E-state index in [0.29, 0.717) is 35.1 Å². The SMILES string of the molecule is CNc1nc(C)nc2c1ncn2[C@@H]1O[C@H](COC(=O)CC2CCCCC2)[C@@H](OC(=O)CC2CCCCC2)[C@@]1(C)F. The Balaban J connectivity index is 1.36. The lowest BCUT2D eigenvalue weighted by Crippen LogP contribution is -2.44. The number of nitrogens with one attached hydrogen (secondary N) is 1. The number of aromatic nitrogens is 4. The second-order valence-electron chi connectivity index (χ2n) is 11.9. The van der Waals surface area contributed by atoms with Crippen LogP contribution in [0.1, 0.15) is 96.0 Å². The highest BCUT2D eigenvalue weighted by atomic mass is 19.1. The number of esters is 2. The van der Waals surface area contributed by atoms with Crippen LogP contribution in [0.4, 0.5) is 10.2 Å². The first kappa shape index (κ1) is 28.7. The topological polar surface area (TPSA) is 117 Å². The van der Waals surface area contributed by atoms with Gasteiger partial charge in [-0.2, -0.15) is 0 Å². The van der Waals surface area contributed by atoms with Gasteiger partial charge in [0.1, 0.15) is 18.5 Å². The van der Waals surface area contributed by atoms with E-state index in [1.54, 1.807) is 14.0 Å². The van der Waals surface area contributed by atoms with Gasteiger partial charge >= 0.3 is 11.9 Å². The van der Waals surface area contributed by atoms with E-state index in [0.717, 1.165) is 51.4 Å². The summed E-state index contributed by atoms with van der Waals surface area (Å²) in [5, 5.41) is 3.00. The number of rotatable bonds is 9. The number of alkyl halides is 1. The molecule has 0 amide bonds. The van der Waals surface area contributed by atoms with Gasteiger partial charge in [-0.1, -0.05) is 38.5 Å². The number of anilines is 1. The molecule has 3 heterocycles. The van der Waals surface area contributed by atoms with Crippen molar-refractivity contribution < 1.29 is 28.2 Å². The first-order valence-electron chi connectivity index (χ1n) is 14.8. The number of hydrogen-bond donors (Lipinski definition) is 1. The van der Waals surface area contributed by atoms with Gasteiger partial charge in [0.05, 0.1) is 6.33 Å². The third-order valence-corrected chi connectivity index (χ3v) is 8.73. The molecule has 220 valence electrons. The smallest absolute Gasteiger partial charge is 0.306 e. The minimum absolute atomic E-state index is 0.203. The first-order valence-corrected chi connectivity index (χ1v) is 14.8. The molecule has 3 fully saturated rings. The van der Waals surface area contributed by atoms with E-state index in [-0.39, 0.29) is 24.9 Å². The second-order valence-corrected chi connectivity index (χ2v) is 11.9. The quantitative estimate of drug-likeness (QED) is 0.414. The van der Waals surface area contributed by atoms with Crippen LogP contribution >= 0.6 is 0 Å². The molecule has 1 aliphatic heterocycles. The van der Waals surface area contributed by atoms with Gasteiger partial charge in [-0.25, -0.2) is 19.3 Å². The fourth-order valence-electron chi connectivity index (χ4n) is 6.58. The highest BCUT2D eigenvalue weighted by molar-refractivity contribution is 5.83. The third-order valence-electron chi connectivity index (χ3n) is 8.73. The highest BCUT2D eigenvalue weighted by Gasteiger charge is 2.58. The number of hydrogen-bond acceptors (Lipinski definition) is 9. The Morgan fingerprint density at radius 2 is 1.68 bits per heavy atom. The van der Waals surface area contributed by atoms with E-state index in [1.807, 2.05) is 0 Å². The molecular formula is C29H42FN5O5. The second kappa shape index (κ2) is 12.4. The molecule has 1 N–H and O–H groups in total. The molecule has 0 unspecified atom stereocenters. The van der Waals surface area contributed by atoms with Gasteiger partial charge in [-0.3, -0.25) is 14.2 Å². The molecule has 0 bridgehead atoms. The summed E-state index contributed by atoms with van der Waals surface area (Å²) < 4.78 is 35.9.